The molecule has 0 N–H and O–H groups in total. The number of esters is 1. The van der Waals surface area contributed by atoms with Gasteiger partial charge in [0.1, 0.15) is 5.75 Å². The minimum atomic E-state index is -0.712. The molecule has 1 aliphatic rings. The smallest absolute Gasteiger partial charge is 0.343 e. The quantitative estimate of drug-likeness (QED) is 0.184. The molecule has 0 fully saturated rings. The minimum Gasteiger partial charge on any atom is -0.422 e. The zero-order valence-corrected chi connectivity index (χ0v) is 16.6. The van der Waals surface area contributed by atoms with Crippen molar-refractivity contribution < 1.29 is 19.2 Å². The SMILES string of the molecule is Cc1ccc(OC(=O)c2cccc([N+](=O)[O-])c2)c(C=C2Sc3ccccc3C2=O)c1. The highest BCUT2D eigenvalue weighted by molar-refractivity contribution is 8.04. The van der Waals surface area contributed by atoms with Crippen LogP contribution in [0, 0.1) is 17.0 Å². The summed E-state index contributed by atoms with van der Waals surface area (Å²) in [7, 11) is 0. The van der Waals surface area contributed by atoms with Crippen molar-refractivity contribution in [2.24, 2.45) is 0 Å². The number of carbonyl (C=O) groups is 2. The standard InChI is InChI=1S/C23H15NO5S/c1-14-9-10-19(29-23(26)15-5-4-6-17(12-15)24(27)28)16(11-14)13-21-22(25)18-7-2-3-8-20(18)30-21/h2-13H,1H3. The number of hydrogen-bond donors (Lipinski definition) is 0. The van der Waals surface area contributed by atoms with E-state index in [0.29, 0.717) is 16.0 Å². The lowest BCUT2D eigenvalue weighted by atomic mass is 10.1. The fourth-order valence-corrected chi connectivity index (χ4v) is 4.10. The Balaban J connectivity index is 1.65. The van der Waals surface area contributed by atoms with Gasteiger partial charge in [-0.25, -0.2) is 4.79 Å². The normalized spacial score (nSPS) is 13.9. The maximum absolute atomic E-state index is 12.7. The molecule has 0 unspecified atom stereocenters. The number of benzene rings is 3. The Labute approximate surface area is 176 Å². The van der Waals surface area contributed by atoms with E-state index < -0.39 is 10.9 Å². The van der Waals surface area contributed by atoms with Crippen LogP contribution in [0.4, 0.5) is 5.69 Å². The van der Waals surface area contributed by atoms with Gasteiger partial charge in [0.25, 0.3) is 5.69 Å². The summed E-state index contributed by atoms with van der Waals surface area (Å²) < 4.78 is 5.52. The first-order valence-corrected chi connectivity index (χ1v) is 9.84. The van der Waals surface area contributed by atoms with E-state index in [1.54, 1.807) is 24.3 Å². The molecule has 0 amide bonds. The molecule has 4 rings (SSSR count). The number of Topliss-reactive ketones (excluding diaryl/α,β-unsaturated/α-hetero) is 1. The fraction of sp³-hybridized carbons (Fsp3) is 0.0435. The second kappa shape index (κ2) is 7.96. The van der Waals surface area contributed by atoms with Crippen molar-refractivity contribution in [2.45, 2.75) is 11.8 Å². The second-order valence-electron chi connectivity index (χ2n) is 6.67. The number of nitrogens with zero attached hydrogens (tertiary/aromatic N) is 1. The average molecular weight is 417 g/mol. The van der Waals surface area contributed by atoms with Crippen molar-refractivity contribution in [3.8, 4) is 5.75 Å². The highest BCUT2D eigenvalue weighted by Crippen LogP contribution is 2.41. The molecule has 0 saturated heterocycles. The van der Waals surface area contributed by atoms with Crippen LogP contribution < -0.4 is 4.74 Å². The predicted molar refractivity (Wildman–Crippen MR) is 114 cm³/mol. The van der Waals surface area contributed by atoms with Crippen LogP contribution in [-0.4, -0.2) is 16.7 Å². The van der Waals surface area contributed by atoms with Crippen molar-refractivity contribution in [2.75, 3.05) is 0 Å². The van der Waals surface area contributed by atoms with Gasteiger partial charge in [0.2, 0.25) is 5.78 Å². The van der Waals surface area contributed by atoms with Crippen molar-refractivity contribution in [1.82, 2.24) is 0 Å². The van der Waals surface area contributed by atoms with Crippen LogP contribution in [0.15, 0.2) is 76.5 Å². The molecule has 0 radical (unpaired) electrons. The van der Waals surface area contributed by atoms with Crippen LogP contribution in [0.2, 0.25) is 0 Å². The molecule has 3 aromatic carbocycles. The second-order valence-corrected chi connectivity index (χ2v) is 7.76. The van der Waals surface area contributed by atoms with Crippen LogP contribution >= 0.6 is 11.8 Å². The molecule has 0 atom stereocenters. The first-order valence-electron chi connectivity index (χ1n) is 9.03. The molecule has 1 aliphatic heterocycles. The van der Waals surface area contributed by atoms with E-state index >= 15 is 0 Å². The van der Waals surface area contributed by atoms with Crippen molar-refractivity contribution in [3.63, 3.8) is 0 Å². The van der Waals surface area contributed by atoms with E-state index in [1.807, 2.05) is 31.2 Å². The Bertz CT molecular complexity index is 1230. The van der Waals surface area contributed by atoms with Crippen LogP contribution in [0.1, 0.15) is 31.8 Å². The Morgan fingerprint density at radius 3 is 2.63 bits per heavy atom. The molecule has 0 spiro atoms. The maximum Gasteiger partial charge on any atom is 0.343 e. The third kappa shape index (κ3) is 3.88. The van der Waals surface area contributed by atoms with Gasteiger partial charge < -0.3 is 4.74 Å². The predicted octanol–water partition coefficient (Wildman–Crippen LogP) is 5.45. The number of nitro groups is 1. The van der Waals surface area contributed by atoms with Gasteiger partial charge in [0, 0.05) is 28.2 Å². The van der Waals surface area contributed by atoms with E-state index in [4.69, 9.17) is 4.74 Å². The van der Waals surface area contributed by atoms with E-state index in [9.17, 15) is 19.7 Å². The van der Waals surface area contributed by atoms with Crippen molar-refractivity contribution >= 4 is 35.3 Å². The summed E-state index contributed by atoms with van der Waals surface area (Å²) in [4.78, 5) is 37.1. The molecule has 30 heavy (non-hydrogen) atoms. The first kappa shape index (κ1) is 19.6. The summed E-state index contributed by atoms with van der Waals surface area (Å²) >= 11 is 1.37. The molecule has 0 bridgehead atoms. The van der Waals surface area contributed by atoms with Gasteiger partial charge in [-0.05, 0) is 43.3 Å². The van der Waals surface area contributed by atoms with Crippen LogP contribution in [0.3, 0.4) is 0 Å². The lowest BCUT2D eigenvalue weighted by molar-refractivity contribution is -0.384. The molecular formula is C23H15NO5S. The van der Waals surface area contributed by atoms with Gasteiger partial charge in [-0.1, -0.05) is 41.6 Å². The Morgan fingerprint density at radius 2 is 1.87 bits per heavy atom. The first-order chi connectivity index (χ1) is 14.4. The Kier molecular flexibility index (Phi) is 5.20. The molecule has 148 valence electrons. The zero-order chi connectivity index (χ0) is 21.3. The van der Waals surface area contributed by atoms with E-state index in [-0.39, 0.29) is 22.8 Å². The fourth-order valence-electron chi connectivity index (χ4n) is 3.06. The molecule has 1 heterocycles. The van der Waals surface area contributed by atoms with Gasteiger partial charge >= 0.3 is 5.97 Å². The number of rotatable bonds is 4. The van der Waals surface area contributed by atoms with Gasteiger partial charge in [-0.15, -0.1) is 0 Å². The number of thioether (sulfide) groups is 1. The molecule has 0 aliphatic carbocycles. The van der Waals surface area contributed by atoms with E-state index in [1.165, 1.54) is 36.0 Å². The van der Waals surface area contributed by atoms with Gasteiger partial charge in [-0.2, -0.15) is 0 Å². The van der Waals surface area contributed by atoms with Crippen LogP contribution in [0.25, 0.3) is 6.08 Å². The summed E-state index contributed by atoms with van der Waals surface area (Å²) in [6, 6.07) is 18.0. The lowest BCUT2D eigenvalue weighted by Crippen LogP contribution is -2.10. The number of ketones is 1. The molecule has 0 aromatic heterocycles. The van der Waals surface area contributed by atoms with Crippen LogP contribution in [0.5, 0.6) is 5.75 Å². The monoisotopic (exact) mass is 417 g/mol. The van der Waals surface area contributed by atoms with Crippen molar-refractivity contribution in [1.29, 1.82) is 0 Å². The number of non-ortho nitro benzene ring substituents is 1. The highest BCUT2D eigenvalue weighted by atomic mass is 32.2. The minimum absolute atomic E-state index is 0.0714. The van der Waals surface area contributed by atoms with Gasteiger partial charge in [-0.3, -0.25) is 14.9 Å². The lowest BCUT2D eigenvalue weighted by Gasteiger charge is -2.09. The number of hydrogen-bond acceptors (Lipinski definition) is 6. The van der Waals surface area contributed by atoms with Gasteiger partial charge in [0.05, 0.1) is 15.4 Å². The molecule has 6 nitrogen and oxygen atoms in total. The van der Waals surface area contributed by atoms with E-state index in [2.05, 4.69) is 0 Å². The third-order valence-corrected chi connectivity index (χ3v) is 5.62. The summed E-state index contributed by atoms with van der Waals surface area (Å²) in [5.41, 5.74) is 2.04. The molecule has 0 saturated carbocycles. The molecule has 7 heteroatoms. The zero-order valence-electron chi connectivity index (χ0n) is 15.8. The van der Waals surface area contributed by atoms with Crippen LogP contribution in [-0.2, 0) is 0 Å². The number of nitro benzene ring substituents is 1. The number of fused-ring (bicyclic) bond motifs is 1. The number of aryl methyl sites for hydroxylation is 1. The summed E-state index contributed by atoms with van der Waals surface area (Å²) in [6.45, 7) is 1.90. The van der Waals surface area contributed by atoms with Crippen molar-refractivity contribution in [3.05, 3.63) is 104 Å². The maximum atomic E-state index is 12.7. The number of allylic oxidation sites excluding steroid dienone is 1. The molecular weight excluding hydrogens is 402 g/mol. The summed E-state index contributed by atoms with van der Waals surface area (Å²) in [6.07, 6.45) is 1.70. The number of ether oxygens (including phenoxy) is 1. The number of carbonyl (C=O) groups excluding carboxylic acids is 2. The highest BCUT2D eigenvalue weighted by Gasteiger charge is 2.26. The van der Waals surface area contributed by atoms with E-state index in [0.717, 1.165) is 10.5 Å². The Hall–Kier alpha value is -3.71. The third-order valence-electron chi connectivity index (χ3n) is 4.52. The largest absolute Gasteiger partial charge is 0.422 e. The topological polar surface area (TPSA) is 86.5 Å². The Morgan fingerprint density at radius 1 is 1.07 bits per heavy atom. The average Bonchev–Trinajstić information content (AvgIpc) is 3.05. The van der Waals surface area contributed by atoms with Gasteiger partial charge in [0.15, 0.2) is 0 Å². The molecule has 3 aromatic rings. The summed E-state index contributed by atoms with van der Waals surface area (Å²) in [5.74, 6) is -0.516. The summed E-state index contributed by atoms with van der Waals surface area (Å²) in [5, 5.41) is 11.0.